The van der Waals surface area contributed by atoms with Crippen molar-refractivity contribution in [1.82, 2.24) is 15.1 Å². The summed E-state index contributed by atoms with van der Waals surface area (Å²) in [6.45, 7) is 16.9. The molecule has 1 fully saturated rings. The van der Waals surface area contributed by atoms with Crippen LogP contribution in [0.5, 0.6) is 0 Å². The van der Waals surface area contributed by atoms with Crippen molar-refractivity contribution in [3.8, 4) is 0 Å². The number of hydrogen-bond acceptors (Lipinski definition) is 5. The quantitative estimate of drug-likeness (QED) is 0.705. The number of carbonyl (C=O) groups excluding carboxylic acids is 1. The molecule has 3 rings (SSSR count). The van der Waals surface area contributed by atoms with Gasteiger partial charge in [-0.05, 0) is 12.8 Å². The normalized spacial score (nSPS) is 17.0. The van der Waals surface area contributed by atoms with Crippen LogP contribution in [0, 0.1) is 0 Å². The molecule has 3 N–H and O–H groups in total. The number of nitrogens with zero attached hydrogens (tertiary/aromatic N) is 3. The highest BCUT2D eigenvalue weighted by atomic mass is 32.1. The fourth-order valence-corrected chi connectivity index (χ4v) is 4.88. The molecule has 0 spiro atoms. The average molecular weight is 390 g/mol. The molecular formula is C20H31N5OS. The summed E-state index contributed by atoms with van der Waals surface area (Å²) in [6, 6.07) is -0.0172. The van der Waals surface area contributed by atoms with Gasteiger partial charge in [0, 0.05) is 36.8 Å². The van der Waals surface area contributed by atoms with Crippen LogP contribution in [0.2, 0.25) is 0 Å². The summed E-state index contributed by atoms with van der Waals surface area (Å²) in [6.07, 6.45) is 4.41. The Labute approximate surface area is 166 Å². The van der Waals surface area contributed by atoms with Crippen LogP contribution < -0.4 is 16.0 Å². The van der Waals surface area contributed by atoms with Crippen molar-refractivity contribution in [2.24, 2.45) is 0 Å². The van der Waals surface area contributed by atoms with Crippen molar-refractivity contribution in [3.05, 3.63) is 29.4 Å². The van der Waals surface area contributed by atoms with E-state index in [-0.39, 0.29) is 6.03 Å². The first-order chi connectivity index (χ1) is 13.0. The van der Waals surface area contributed by atoms with Gasteiger partial charge in [-0.15, -0.1) is 11.3 Å². The third-order valence-electron chi connectivity index (χ3n) is 5.24. The molecule has 0 unspecified atom stereocenters. The summed E-state index contributed by atoms with van der Waals surface area (Å²) < 4.78 is 0. The summed E-state index contributed by atoms with van der Waals surface area (Å²) in [5, 5.41) is 3.98. The molecule has 27 heavy (non-hydrogen) atoms. The van der Waals surface area contributed by atoms with Gasteiger partial charge in [0.25, 0.3) is 0 Å². The number of carbonyl (C=O) groups is 1. The molecule has 0 saturated carbocycles. The predicted octanol–water partition coefficient (Wildman–Crippen LogP) is 4.02. The van der Waals surface area contributed by atoms with Crippen molar-refractivity contribution >= 4 is 33.8 Å². The van der Waals surface area contributed by atoms with E-state index in [1.165, 1.54) is 0 Å². The minimum Gasteiger partial charge on any atom is -0.397 e. The minimum atomic E-state index is -0.0172. The molecule has 1 aromatic heterocycles. The second kappa shape index (κ2) is 8.25. The molecule has 0 aliphatic carbocycles. The predicted molar refractivity (Wildman–Crippen MR) is 115 cm³/mol. The number of urea groups is 1. The third-order valence-corrected chi connectivity index (χ3v) is 6.45. The van der Waals surface area contributed by atoms with Crippen molar-refractivity contribution in [3.63, 3.8) is 0 Å². The van der Waals surface area contributed by atoms with Gasteiger partial charge in [-0.1, -0.05) is 39.8 Å². The first kappa shape index (κ1) is 19.6. The van der Waals surface area contributed by atoms with Gasteiger partial charge in [0.05, 0.1) is 17.8 Å². The Morgan fingerprint density at radius 3 is 2.41 bits per heavy atom. The van der Waals surface area contributed by atoms with Crippen LogP contribution >= 0.6 is 11.3 Å². The van der Waals surface area contributed by atoms with Gasteiger partial charge in [0.15, 0.2) is 0 Å². The monoisotopic (exact) mass is 389 g/mol. The van der Waals surface area contributed by atoms with E-state index in [9.17, 15) is 4.79 Å². The number of rotatable bonds is 8. The Bertz CT molecular complexity index is 741. The number of nitrogens with one attached hydrogen (secondary N) is 1. The van der Waals surface area contributed by atoms with Gasteiger partial charge < -0.3 is 25.8 Å². The van der Waals surface area contributed by atoms with Crippen LogP contribution in [-0.2, 0) is 6.54 Å². The van der Waals surface area contributed by atoms with Crippen molar-refractivity contribution in [1.29, 1.82) is 0 Å². The summed E-state index contributed by atoms with van der Waals surface area (Å²) >= 11 is 1.67. The maximum absolute atomic E-state index is 12.0. The molecule has 2 amide bonds. The number of nitrogens with two attached hydrogens (primary N) is 1. The van der Waals surface area contributed by atoms with Crippen LogP contribution in [0.4, 0.5) is 15.5 Å². The van der Waals surface area contributed by atoms with Crippen LogP contribution in [-0.4, -0.2) is 42.0 Å². The van der Waals surface area contributed by atoms with Gasteiger partial charge in [0.1, 0.15) is 10.8 Å². The Hall–Kier alpha value is -2.15. The average Bonchev–Trinajstić information content (AvgIpc) is 3.19. The molecule has 0 bridgehead atoms. The van der Waals surface area contributed by atoms with Crippen molar-refractivity contribution in [2.75, 3.05) is 36.8 Å². The largest absolute Gasteiger partial charge is 0.397 e. The van der Waals surface area contributed by atoms with E-state index >= 15 is 0 Å². The Morgan fingerprint density at radius 1 is 1.15 bits per heavy atom. The molecular weight excluding hydrogens is 358 g/mol. The van der Waals surface area contributed by atoms with E-state index in [2.05, 4.69) is 42.1 Å². The maximum atomic E-state index is 12.0. The zero-order valence-corrected chi connectivity index (χ0v) is 17.3. The number of fused-ring (bicyclic) bond motifs is 1. The SMILES string of the molecule is C=C1c2c(sc(CN3CCNC3=O)c2N)N(CCCC)C(=C)N1CCCC. The molecule has 2 aliphatic heterocycles. The van der Waals surface area contributed by atoms with Gasteiger partial charge in [-0.25, -0.2) is 4.79 Å². The second-order valence-electron chi connectivity index (χ2n) is 7.15. The Balaban J connectivity index is 1.95. The lowest BCUT2D eigenvalue weighted by molar-refractivity contribution is 0.216. The van der Waals surface area contributed by atoms with E-state index in [1.54, 1.807) is 11.3 Å². The van der Waals surface area contributed by atoms with Crippen LogP contribution in [0.25, 0.3) is 5.70 Å². The van der Waals surface area contributed by atoms with E-state index < -0.39 is 0 Å². The highest BCUT2D eigenvalue weighted by Gasteiger charge is 2.34. The van der Waals surface area contributed by atoms with Gasteiger partial charge in [-0.2, -0.15) is 0 Å². The zero-order valence-electron chi connectivity index (χ0n) is 16.5. The van der Waals surface area contributed by atoms with Gasteiger partial charge >= 0.3 is 6.03 Å². The molecule has 0 radical (unpaired) electrons. The highest BCUT2D eigenvalue weighted by molar-refractivity contribution is 7.17. The lowest BCUT2D eigenvalue weighted by atomic mass is 10.1. The van der Waals surface area contributed by atoms with Crippen LogP contribution in [0.15, 0.2) is 19.0 Å². The van der Waals surface area contributed by atoms with Crippen molar-refractivity contribution in [2.45, 2.75) is 46.1 Å². The molecule has 2 aliphatic rings. The first-order valence-electron chi connectivity index (χ1n) is 9.86. The van der Waals surface area contributed by atoms with Crippen LogP contribution in [0.3, 0.4) is 0 Å². The standard InChI is InChI=1S/C20H31N5OS/c1-5-7-10-24-14(3)17-18(21)16(13-23-12-9-22-20(23)26)27-19(17)25(15(24)4)11-8-6-2/h3-13,21H2,1-2H3,(H,22,26). The molecule has 6 nitrogen and oxygen atoms in total. The zero-order chi connectivity index (χ0) is 19.6. The van der Waals surface area contributed by atoms with E-state index in [1.807, 2.05) is 4.90 Å². The van der Waals surface area contributed by atoms with E-state index in [0.717, 1.165) is 78.0 Å². The number of amides is 2. The number of thiophene rings is 1. The molecule has 0 aromatic carbocycles. The highest BCUT2D eigenvalue weighted by Crippen LogP contribution is 2.49. The molecule has 1 saturated heterocycles. The smallest absolute Gasteiger partial charge is 0.317 e. The minimum absolute atomic E-state index is 0.0172. The van der Waals surface area contributed by atoms with Gasteiger partial charge in [-0.3, -0.25) is 0 Å². The number of hydrogen-bond donors (Lipinski definition) is 2. The summed E-state index contributed by atoms with van der Waals surface area (Å²) in [7, 11) is 0. The number of nitrogen functional groups attached to an aromatic ring is 1. The molecule has 7 heteroatoms. The maximum Gasteiger partial charge on any atom is 0.317 e. The van der Waals surface area contributed by atoms with Gasteiger partial charge in [0.2, 0.25) is 0 Å². The third kappa shape index (κ3) is 3.65. The van der Waals surface area contributed by atoms with Crippen LogP contribution in [0.1, 0.15) is 50.0 Å². The lowest BCUT2D eigenvalue weighted by Gasteiger charge is -2.41. The molecule has 148 valence electrons. The lowest BCUT2D eigenvalue weighted by Crippen LogP contribution is -2.39. The number of anilines is 2. The van der Waals surface area contributed by atoms with E-state index in [0.29, 0.717) is 13.1 Å². The Morgan fingerprint density at radius 2 is 1.81 bits per heavy atom. The fraction of sp³-hybridized carbons (Fsp3) is 0.550. The topological polar surface area (TPSA) is 64.8 Å². The first-order valence-corrected chi connectivity index (χ1v) is 10.7. The summed E-state index contributed by atoms with van der Waals surface area (Å²) in [5.74, 6) is 0.987. The Kier molecular flexibility index (Phi) is 5.99. The van der Waals surface area contributed by atoms with E-state index in [4.69, 9.17) is 5.73 Å². The summed E-state index contributed by atoms with van der Waals surface area (Å²) in [5.41, 5.74) is 9.29. The molecule has 0 atom stereocenters. The summed E-state index contributed by atoms with van der Waals surface area (Å²) in [4.78, 5) is 19.3. The second-order valence-corrected chi connectivity index (χ2v) is 8.23. The molecule has 1 aromatic rings. The number of unbranched alkanes of at least 4 members (excludes halogenated alkanes) is 2. The fourth-order valence-electron chi connectivity index (χ4n) is 3.58. The molecule has 3 heterocycles. The van der Waals surface area contributed by atoms with Crippen molar-refractivity contribution < 1.29 is 4.79 Å².